The van der Waals surface area contributed by atoms with Gasteiger partial charge >= 0.3 is 0 Å². The van der Waals surface area contributed by atoms with E-state index < -0.39 is 0 Å². The highest BCUT2D eigenvalue weighted by atomic mass is 16.5. The molecule has 1 aliphatic carbocycles. The summed E-state index contributed by atoms with van der Waals surface area (Å²) >= 11 is 0. The van der Waals surface area contributed by atoms with Crippen LogP contribution in [0.2, 0.25) is 0 Å². The number of carbonyl (C=O) groups excluding carboxylic acids is 1. The van der Waals surface area contributed by atoms with E-state index in [0.29, 0.717) is 12.3 Å². The van der Waals surface area contributed by atoms with Gasteiger partial charge in [0.05, 0.1) is 12.1 Å². The maximum absolute atomic E-state index is 11.7. The molecule has 2 N–H and O–H groups in total. The van der Waals surface area contributed by atoms with E-state index in [0.717, 1.165) is 32.4 Å². The Hall–Kier alpha value is -0.610. The van der Waals surface area contributed by atoms with Crippen LogP contribution in [0.3, 0.4) is 0 Å². The lowest BCUT2D eigenvalue weighted by molar-refractivity contribution is -0.123. The normalized spacial score (nSPS) is 31.3. The smallest absolute Gasteiger partial charge is 0.220 e. The van der Waals surface area contributed by atoms with E-state index in [2.05, 4.69) is 10.6 Å². The molecule has 0 aromatic heterocycles. The third-order valence-electron chi connectivity index (χ3n) is 3.44. The summed E-state index contributed by atoms with van der Waals surface area (Å²) in [6.45, 7) is 1.98. The van der Waals surface area contributed by atoms with Crippen LogP contribution in [0.4, 0.5) is 0 Å². The predicted molar refractivity (Wildman–Crippen MR) is 57.6 cm³/mol. The first-order valence-electron chi connectivity index (χ1n) is 5.82. The van der Waals surface area contributed by atoms with Crippen LogP contribution in [0.1, 0.15) is 25.7 Å². The summed E-state index contributed by atoms with van der Waals surface area (Å²) in [5.74, 6) is 0.739. The average Bonchev–Trinajstić information content (AvgIpc) is 2.59. The molecule has 4 heteroatoms. The molecule has 1 heterocycles. The van der Waals surface area contributed by atoms with Crippen molar-refractivity contribution in [2.24, 2.45) is 5.92 Å². The first-order valence-corrected chi connectivity index (χ1v) is 5.82. The number of methoxy groups -OCH3 is 1. The topological polar surface area (TPSA) is 50.4 Å². The molecular weight excluding hydrogens is 192 g/mol. The fourth-order valence-electron chi connectivity index (χ4n) is 2.39. The van der Waals surface area contributed by atoms with E-state index in [4.69, 9.17) is 4.74 Å². The van der Waals surface area contributed by atoms with Crippen LogP contribution in [0, 0.1) is 5.92 Å². The highest BCUT2D eigenvalue weighted by molar-refractivity contribution is 5.76. The lowest BCUT2D eigenvalue weighted by Gasteiger charge is -2.27. The lowest BCUT2D eigenvalue weighted by atomic mass is 9.99. The van der Waals surface area contributed by atoms with Crippen LogP contribution in [0.25, 0.3) is 0 Å². The van der Waals surface area contributed by atoms with E-state index >= 15 is 0 Å². The summed E-state index contributed by atoms with van der Waals surface area (Å²) in [6, 6.07) is 0.246. The number of ether oxygens (including phenoxy) is 1. The van der Waals surface area contributed by atoms with Crippen LogP contribution in [-0.4, -0.2) is 38.3 Å². The number of carbonyl (C=O) groups is 1. The third kappa shape index (κ3) is 2.69. The van der Waals surface area contributed by atoms with E-state index in [-0.39, 0.29) is 18.1 Å². The summed E-state index contributed by atoms with van der Waals surface area (Å²) in [7, 11) is 1.73. The van der Waals surface area contributed by atoms with Gasteiger partial charge in [-0.1, -0.05) is 0 Å². The van der Waals surface area contributed by atoms with E-state index in [1.807, 2.05) is 0 Å². The molecule has 0 aromatic rings. The van der Waals surface area contributed by atoms with E-state index in [9.17, 15) is 4.79 Å². The molecule has 0 radical (unpaired) electrons. The number of rotatable bonds is 4. The molecule has 2 rings (SSSR count). The molecule has 2 unspecified atom stereocenters. The highest BCUT2D eigenvalue weighted by Gasteiger charge is 2.29. The van der Waals surface area contributed by atoms with Crippen molar-refractivity contribution in [1.82, 2.24) is 10.6 Å². The standard InChI is InChI=1S/C11H20N2O2/c1-15-10-4-2-3-9(10)13-11(14)5-8-6-12-7-8/h8-10,12H,2-7H2,1H3,(H,13,14). The van der Waals surface area contributed by atoms with Crippen LogP contribution in [-0.2, 0) is 9.53 Å². The zero-order valence-electron chi connectivity index (χ0n) is 9.29. The molecule has 15 heavy (non-hydrogen) atoms. The maximum Gasteiger partial charge on any atom is 0.220 e. The molecule has 1 aliphatic heterocycles. The Labute approximate surface area is 90.8 Å². The Kier molecular flexibility index (Phi) is 3.59. The summed E-state index contributed by atoms with van der Waals surface area (Å²) in [5.41, 5.74) is 0. The molecule has 86 valence electrons. The van der Waals surface area contributed by atoms with Crippen molar-refractivity contribution in [3.05, 3.63) is 0 Å². The number of nitrogens with one attached hydrogen (secondary N) is 2. The van der Waals surface area contributed by atoms with Gasteiger partial charge in [0.2, 0.25) is 5.91 Å². The molecule has 0 bridgehead atoms. The molecule has 1 saturated carbocycles. The monoisotopic (exact) mass is 212 g/mol. The zero-order chi connectivity index (χ0) is 10.7. The quantitative estimate of drug-likeness (QED) is 0.704. The van der Waals surface area contributed by atoms with Gasteiger partial charge in [-0.3, -0.25) is 4.79 Å². The Morgan fingerprint density at radius 3 is 2.87 bits per heavy atom. The van der Waals surface area contributed by atoms with E-state index in [1.54, 1.807) is 7.11 Å². The molecule has 4 nitrogen and oxygen atoms in total. The maximum atomic E-state index is 11.7. The molecule has 2 fully saturated rings. The largest absolute Gasteiger partial charge is 0.379 e. The van der Waals surface area contributed by atoms with Crippen LogP contribution in [0.5, 0.6) is 0 Å². The summed E-state index contributed by atoms with van der Waals surface area (Å²) < 4.78 is 5.34. The number of hydrogen-bond acceptors (Lipinski definition) is 3. The van der Waals surface area contributed by atoms with Crippen LogP contribution < -0.4 is 10.6 Å². The SMILES string of the molecule is COC1CCCC1NC(=O)CC1CNC1. The minimum atomic E-state index is 0.190. The van der Waals surface area contributed by atoms with E-state index in [1.165, 1.54) is 0 Å². The minimum absolute atomic E-state index is 0.190. The Balaban J connectivity index is 1.72. The van der Waals surface area contributed by atoms with Gasteiger partial charge in [0.15, 0.2) is 0 Å². The van der Waals surface area contributed by atoms with Crippen molar-refractivity contribution < 1.29 is 9.53 Å². The van der Waals surface area contributed by atoms with Crippen molar-refractivity contribution in [3.8, 4) is 0 Å². The van der Waals surface area contributed by atoms with Crippen molar-refractivity contribution in [2.45, 2.75) is 37.8 Å². The fraction of sp³-hybridized carbons (Fsp3) is 0.909. The summed E-state index contributed by atoms with van der Waals surface area (Å²) in [6.07, 6.45) is 4.20. The van der Waals surface area contributed by atoms with Crippen molar-refractivity contribution in [1.29, 1.82) is 0 Å². The van der Waals surface area contributed by atoms with Gasteiger partial charge in [-0.25, -0.2) is 0 Å². The first kappa shape index (κ1) is 10.9. The fourth-order valence-corrected chi connectivity index (χ4v) is 2.39. The lowest BCUT2D eigenvalue weighted by Crippen LogP contribution is -2.47. The molecule has 2 atom stereocenters. The van der Waals surface area contributed by atoms with Crippen molar-refractivity contribution >= 4 is 5.91 Å². The molecule has 2 aliphatic rings. The van der Waals surface area contributed by atoms with Gasteiger partial charge in [-0.05, 0) is 38.3 Å². The highest BCUT2D eigenvalue weighted by Crippen LogP contribution is 2.21. The predicted octanol–water partition coefficient (Wildman–Crippen LogP) is 0.280. The van der Waals surface area contributed by atoms with Gasteiger partial charge in [-0.2, -0.15) is 0 Å². The minimum Gasteiger partial charge on any atom is -0.379 e. The Bertz CT molecular complexity index is 229. The number of amides is 1. The summed E-state index contributed by atoms with van der Waals surface area (Å²) in [5, 5.41) is 6.26. The van der Waals surface area contributed by atoms with Crippen LogP contribution >= 0.6 is 0 Å². The van der Waals surface area contributed by atoms with Crippen LogP contribution in [0.15, 0.2) is 0 Å². The second-order valence-electron chi connectivity index (χ2n) is 4.61. The molecule has 1 amide bonds. The molecule has 1 saturated heterocycles. The second-order valence-corrected chi connectivity index (χ2v) is 4.61. The van der Waals surface area contributed by atoms with Gasteiger partial charge in [-0.15, -0.1) is 0 Å². The average molecular weight is 212 g/mol. The second kappa shape index (κ2) is 4.94. The molecule has 0 aromatic carbocycles. The Morgan fingerprint density at radius 2 is 2.27 bits per heavy atom. The van der Waals surface area contributed by atoms with Gasteiger partial charge < -0.3 is 15.4 Å². The summed E-state index contributed by atoms with van der Waals surface area (Å²) in [4.78, 5) is 11.7. The van der Waals surface area contributed by atoms with Gasteiger partial charge in [0, 0.05) is 13.5 Å². The molecule has 0 spiro atoms. The number of hydrogen-bond donors (Lipinski definition) is 2. The Morgan fingerprint density at radius 1 is 1.47 bits per heavy atom. The third-order valence-corrected chi connectivity index (χ3v) is 3.44. The zero-order valence-corrected chi connectivity index (χ0v) is 9.29. The van der Waals surface area contributed by atoms with Crippen molar-refractivity contribution in [2.75, 3.05) is 20.2 Å². The molecular formula is C11H20N2O2. The first-order chi connectivity index (χ1) is 7.29. The van der Waals surface area contributed by atoms with Gasteiger partial charge in [0.1, 0.15) is 0 Å². The van der Waals surface area contributed by atoms with Gasteiger partial charge in [0.25, 0.3) is 0 Å². The van der Waals surface area contributed by atoms with Crippen molar-refractivity contribution in [3.63, 3.8) is 0 Å².